The Morgan fingerprint density at radius 1 is 1.33 bits per heavy atom. The van der Waals surface area contributed by atoms with Crippen LogP contribution >= 0.6 is 0 Å². The van der Waals surface area contributed by atoms with E-state index in [-0.39, 0.29) is 11.4 Å². The number of carbonyl (C=O) groups is 1. The van der Waals surface area contributed by atoms with Crippen LogP contribution in [0, 0.1) is 0 Å². The minimum Gasteiger partial charge on any atom is -0.370 e. The number of nitrogens with one attached hydrogen (secondary N) is 2. The highest BCUT2D eigenvalue weighted by Crippen LogP contribution is 2.17. The molecule has 1 heterocycles. The van der Waals surface area contributed by atoms with E-state index in [2.05, 4.69) is 36.4 Å². The average molecular weight is 249 g/mol. The van der Waals surface area contributed by atoms with Crippen LogP contribution in [-0.2, 0) is 0 Å². The van der Waals surface area contributed by atoms with Gasteiger partial charge in [-0.15, -0.1) is 0 Å². The molecule has 0 saturated carbocycles. The molecule has 18 heavy (non-hydrogen) atoms. The lowest BCUT2D eigenvalue weighted by Gasteiger charge is -2.28. The van der Waals surface area contributed by atoms with E-state index in [0.717, 1.165) is 19.4 Å². The highest BCUT2D eigenvalue weighted by molar-refractivity contribution is 5.99. The van der Waals surface area contributed by atoms with Crippen LogP contribution in [0.15, 0.2) is 18.3 Å². The Morgan fingerprint density at radius 2 is 2.00 bits per heavy atom. The number of rotatable bonds is 6. The van der Waals surface area contributed by atoms with E-state index >= 15 is 0 Å². The molecule has 4 heteroatoms. The van der Waals surface area contributed by atoms with Gasteiger partial charge in [-0.2, -0.15) is 0 Å². The van der Waals surface area contributed by atoms with Gasteiger partial charge in [-0.3, -0.25) is 4.79 Å². The van der Waals surface area contributed by atoms with E-state index in [9.17, 15) is 4.79 Å². The number of nitrogens with zero attached hydrogens (tertiary/aromatic N) is 1. The maximum Gasteiger partial charge on any atom is 0.255 e. The van der Waals surface area contributed by atoms with Gasteiger partial charge in [0.1, 0.15) is 5.82 Å². The Balaban J connectivity index is 2.90. The summed E-state index contributed by atoms with van der Waals surface area (Å²) in [6.07, 6.45) is 3.51. The average Bonchev–Trinajstić information content (AvgIpc) is 2.39. The molecule has 0 bridgehead atoms. The van der Waals surface area contributed by atoms with Crippen LogP contribution in [0.1, 0.15) is 50.9 Å². The van der Waals surface area contributed by atoms with E-state index in [0.29, 0.717) is 11.4 Å². The molecule has 0 saturated heterocycles. The largest absolute Gasteiger partial charge is 0.370 e. The van der Waals surface area contributed by atoms with Gasteiger partial charge in [0.25, 0.3) is 5.91 Å². The third-order valence-electron chi connectivity index (χ3n) is 3.37. The molecule has 1 amide bonds. The molecule has 0 fully saturated rings. The first-order valence-electron chi connectivity index (χ1n) is 6.57. The zero-order chi connectivity index (χ0) is 13.6. The van der Waals surface area contributed by atoms with Crippen molar-refractivity contribution in [1.82, 2.24) is 10.3 Å². The minimum atomic E-state index is -0.156. The summed E-state index contributed by atoms with van der Waals surface area (Å²) in [4.78, 5) is 16.5. The van der Waals surface area contributed by atoms with Crippen molar-refractivity contribution in [2.75, 3.05) is 11.9 Å². The topological polar surface area (TPSA) is 54.0 Å². The number of amides is 1. The van der Waals surface area contributed by atoms with Crippen LogP contribution < -0.4 is 10.6 Å². The summed E-state index contributed by atoms with van der Waals surface area (Å²) in [7, 11) is 0. The molecule has 0 aliphatic carbocycles. The van der Waals surface area contributed by atoms with Crippen LogP contribution in [-0.4, -0.2) is 23.0 Å². The van der Waals surface area contributed by atoms with Crippen molar-refractivity contribution < 1.29 is 4.79 Å². The Kier molecular flexibility index (Phi) is 5.13. The third-order valence-corrected chi connectivity index (χ3v) is 3.37. The summed E-state index contributed by atoms with van der Waals surface area (Å²) < 4.78 is 0. The molecule has 0 unspecified atom stereocenters. The first-order chi connectivity index (χ1) is 8.56. The van der Waals surface area contributed by atoms with Crippen molar-refractivity contribution in [3.05, 3.63) is 23.9 Å². The first-order valence-corrected chi connectivity index (χ1v) is 6.57. The Morgan fingerprint density at radius 3 is 2.56 bits per heavy atom. The van der Waals surface area contributed by atoms with Gasteiger partial charge >= 0.3 is 0 Å². The molecule has 4 nitrogen and oxygen atoms in total. The molecule has 100 valence electrons. The van der Waals surface area contributed by atoms with Crippen LogP contribution in [0.4, 0.5) is 5.82 Å². The quantitative estimate of drug-likeness (QED) is 0.815. The second-order valence-electron chi connectivity index (χ2n) is 4.65. The van der Waals surface area contributed by atoms with E-state index < -0.39 is 0 Å². The number of pyridine rings is 1. The summed E-state index contributed by atoms with van der Waals surface area (Å²) in [5, 5.41) is 6.20. The van der Waals surface area contributed by atoms with Gasteiger partial charge in [0.2, 0.25) is 0 Å². The zero-order valence-corrected chi connectivity index (χ0v) is 11.7. The lowest BCUT2D eigenvalue weighted by Crippen LogP contribution is -2.45. The number of hydrogen-bond donors (Lipinski definition) is 2. The Labute approximate surface area is 109 Å². The van der Waals surface area contributed by atoms with Crippen molar-refractivity contribution in [2.45, 2.75) is 46.1 Å². The van der Waals surface area contributed by atoms with Crippen molar-refractivity contribution >= 4 is 11.7 Å². The predicted octanol–water partition coefficient (Wildman–Crippen LogP) is 2.82. The molecule has 1 aromatic heterocycles. The molecule has 0 spiro atoms. The number of aromatic nitrogens is 1. The molecule has 0 atom stereocenters. The van der Waals surface area contributed by atoms with E-state index in [4.69, 9.17) is 0 Å². The number of hydrogen-bond acceptors (Lipinski definition) is 3. The maximum absolute atomic E-state index is 12.3. The maximum atomic E-state index is 12.3. The van der Waals surface area contributed by atoms with Gasteiger partial charge in [0, 0.05) is 18.3 Å². The molecular weight excluding hydrogens is 226 g/mol. The highest BCUT2D eigenvalue weighted by Gasteiger charge is 2.23. The molecular formula is C14H23N3O. The van der Waals surface area contributed by atoms with Crippen molar-refractivity contribution in [2.24, 2.45) is 0 Å². The first kappa shape index (κ1) is 14.5. The van der Waals surface area contributed by atoms with E-state index in [1.54, 1.807) is 18.3 Å². The summed E-state index contributed by atoms with van der Waals surface area (Å²) in [6.45, 7) is 8.96. The van der Waals surface area contributed by atoms with Gasteiger partial charge in [0.05, 0.1) is 5.56 Å². The fourth-order valence-electron chi connectivity index (χ4n) is 1.67. The van der Waals surface area contributed by atoms with Crippen molar-refractivity contribution in [3.8, 4) is 0 Å². The van der Waals surface area contributed by atoms with Crippen LogP contribution in [0.2, 0.25) is 0 Å². The zero-order valence-electron chi connectivity index (χ0n) is 11.7. The monoisotopic (exact) mass is 249 g/mol. The predicted molar refractivity (Wildman–Crippen MR) is 74.9 cm³/mol. The molecule has 1 aromatic rings. The number of carbonyl (C=O) groups excluding carboxylic acids is 1. The third kappa shape index (κ3) is 3.45. The van der Waals surface area contributed by atoms with Crippen LogP contribution in [0.3, 0.4) is 0 Å². The minimum absolute atomic E-state index is 0.0646. The summed E-state index contributed by atoms with van der Waals surface area (Å²) in [5.74, 6) is 0.581. The van der Waals surface area contributed by atoms with Gasteiger partial charge < -0.3 is 10.6 Å². The lowest BCUT2D eigenvalue weighted by molar-refractivity contribution is 0.0901. The van der Waals surface area contributed by atoms with E-state index in [1.807, 2.05) is 6.92 Å². The van der Waals surface area contributed by atoms with Crippen LogP contribution in [0.25, 0.3) is 0 Å². The summed E-state index contributed by atoms with van der Waals surface area (Å²) >= 11 is 0. The van der Waals surface area contributed by atoms with Gasteiger partial charge in [0.15, 0.2) is 0 Å². The van der Waals surface area contributed by atoms with Gasteiger partial charge in [-0.1, -0.05) is 13.8 Å². The van der Waals surface area contributed by atoms with Gasteiger partial charge in [-0.25, -0.2) is 4.98 Å². The second kappa shape index (κ2) is 6.38. The summed E-state index contributed by atoms with van der Waals surface area (Å²) in [6, 6.07) is 3.58. The fraction of sp³-hybridized carbons (Fsp3) is 0.571. The van der Waals surface area contributed by atoms with Crippen molar-refractivity contribution in [3.63, 3.8) is 0 Å². The summed E-state index contributed by atoms with van der Waals surface area (Å²) in [5.41, 5.74) is 0.448. The molecule has 0 aliphatic heterocycles. The molecule has 0 aliphatic rings. The highest BCUT2D eigenvalue weighted by atomic mass is 16.1. The number of anilines is 1. The van der Waals surface area contributed by atoms with E-state index in [1.165, 1.54) is 0 Å². The second-order valence-corrected chi connectivity index (χ2v) is 4.65. The standard InChI is InChI=1S/C14H23N3O/c1-5-14(4,6-2)17-13(18)11-9-8-10-16-12(11)15-7-3/h8-10H,5-7H2,1-4H3,(H,15,16)(H,17,18). The SMILES string of the molecule is CCNc1ncccc1C(=O)NC(C)(CC)CC. The molecule has 0 radical (unpaired) electrons. The lowest BCUT2D eigenvalue weighted by atomic mass is 9.95. The van der Waals surface area contributed by atoms with Crippen molar-refractivity contribution in [1.29, 1.82) is 0 Å². The molecule has 0 aromatic carbocycles. The fourth-order valence-corrected chi connectivity index (χ4v) is 1.67. The van der Waals surface area contributed by atoms with Crippen LogP contribution in [0.5, 0.6) is 0 Å². The van der Waals surface area contributed by atoms with Gasteiger partial charge in [-0.05, 0) is 38.8 Å². The smallest absolute Gasteiger partial charge is 0.255 e. The Hall–Kier alpha value is -1.58. The Bertz CT molecular complexity index is 400. The molecule has 2 N–H and O–H groups in total. The normalized spacial score (nSPS) is 11.1. The molecule has 1 rings (SSSR count).